The Morgan fingerprint density at radius 3 is 2.14 bits per heavy atom. The van der Waals surface area contributed by atoms with E-state index in [2.05, 4.69) is 55.2 Å². The summed E-state index contributed by atoms with van der Waals surface area (Å²) < 4.78 is 0.943. The minimum absolute atomic E-state index is 0.538. The fourth-order valence-electron chi connectivity index (χ4n) is 3.88. The predicted molar refractivity (Wildman–Crippen MR) is 127 cm³/mol. The summed E-state index contributed by atoms with van der Waals surface area (Å²) in [6, 6.07) is 17.7. The molecule has 0 atom stereocenters. The molecular weight excluding hydrogens is 404 g/mol. The van der Waals surface area contributed by atoms with Crippen molar-refractivity contribution in [3.8, 4) is 0 Å². The van der Waals surface area contributed by atoms with Crippen LogP contribution in [0.25, 0.3) is 0 Å². The Balaban J connectivity index is 1.51. The molecule has 0 saturated heterocycles. The van der Waals surface area contributed by atoms with Crippen molar-refractivity contribution >= 4 is 39.9 Å². The van der Waals surface area contributed by atoms with Gasteiger partial charge in [-0.2, -0.15) is 0 Å². The van der Waals surface area contributed by atoms with Crippen molar-refractivity contribution in [1.29, 1.82) is 0 Å². The van der Waals surface area contributed by atoms with Crippen molar-refractivity contribution in [3.63, 3.8) is 0 Å². The van der Waals surface area contributed by atoms with E-state index in [1.165, 1.54) is 36.8 Å². The van der Waals surface area contributed by atoms with Gasteiger partial charge < -0.3 is 9.80 Å². The Morgan fingerprint density at radius 2 is 1.57 bits per heavy atom. The molecule has 0 radical (unpaired) electrons. The summed E-state index contributed by atoms with van der Waals surface area (Å²) in [5, 5.41) is 0.761. The van der Waals surface area contributed by atoms with E-state index >= 15 is 0 Å². The van der Waals surface area contributed by atoms with Crippen LogP contribution in [-0.4, -0.2) is 41.3 Å². The van der Waals surface area contributed by atoms with Crippen molar-refractivity contribution in [3.05, 3.63) is 64.7 Å². The third-order valence-electron chi connectivity index (χ3n) is 5.50. The largest absolute Gasteiger partial charge is 0.357 e. The summed E-state index contributed by atoms with van der Waals surface area (Å²) in [6.07, 6.45) is 4.86. The fourth-order valence-corrected chi connectivity index (χ4v) is 5.21. The van der Waals surface area contributed by atoms with Gasteiger partial charge in [0.05, 0.1) is 0 Å². The molecule has 0 bridgehead atoms. The molecule has 1 fully saturated rings. The van der Waals surface area contributed by atoms with E-state index in [0.717, 1.165) is 20.8 Å². The topological polar surface area (TPSA) is 6.48 Å². The average Bonchev–Trinajstić information content (AvgIpc) is 2.69. The standard InChI is InChI=1S/C23H29ClN2S2/c1-25(2)16-17-4-6-18(7-5-17)19-8-12-21(13-9-19)26(3)23(27)28-22-14-10-20(24)11-15-22/h4-7,10-11,14-15,19,21H,8-9,12-13,16H2,1-3H3/t19-,21-. The molecule has 1 aliphatic rings. The molecule has 0 aliphatic heterocycles. The van der Waals surface area contributed by atoms with Crippen LogP contribution in [-0.2, 0) is 6.54 Å². The van der Waals surface area contributed by atoms with E-state index in [4.69, 9.17) is 23.8 Å². The van der Waals surface area contributed by atoms with Crippen LogP contribution < -0.4 is 0 Å². The maximum absolute atomic E-state index is 5.97. The van der Waals surface area contributed by atoms with Crippen LogP contribution in [0.3, 0.4) is 0 Å². The molecule has 150 valence electrons. The third-order valence-corrected chi connectivity index (χ3v) is 7.26. The van der Waals surface area contributed by atoms with Gasteiger partial charge in [-0.15, -0.1) is 0 Å². The van der Waals surface area contributed by atoms with Gasteiger partial charge in [0.15, 0.2) is 0 Å². The molecule has 0 spiro atoms. The molecule has 0 heterocycles. The number of rotatable bonds is 5. The summed E-state index contributed by atoms with van der Waals surface area (Å²) >= 11 is 13.3. The quantitative estimate of drug-likeness (QED) is 0.396. The van der Waals surface area contributed by atoms with Crippen molar-refractivity contribution in [2.75, 3.05) is 21.1 Å². The van der Waals surface area contributed by atoms with Gasteiger partial charge in [0.1, 0.15) is 4.32 Å². The zero-order valence-corrected chi connectivity index (χ0v) is 19.3. The molecule has 5 heteroatoms. The van der Waals surface area contributed by atoms with Gasteiger partial charge in [-0.25, -0.2) is 0 Å². The first-order valence-electron chi connectivity index (χ1n) is 9.86. The van der Waals surface area contributed by atoms with Crippen molar-refractivity contribution in [2.24, 2.45) is 0 Å². The Labute approximate surface area is 184 Å². The van der Waals surface area contributed by atoms with Gasteiger partial charge in [0.2, 0.25) is 0 Å². The Bertz CT molecular complexity index is 766. The van der Waals surface area contributed by atoms with E-state index in [1.807, 2.05) is 24.3 Å². The first-order valence-corrected chi connectivity index (χ1v) is 11.5. The first kappa shape index (κ1) is 21.6. The Kier molecular flexibility index (Phi) is 7.81. The van der Waals surface area contributed by atoms with Crippen LogP contribution >= 0.6 is 35.6 Å². The number of thiocarbonyl (C=S) groups is 1. The number of hydrogen-bond donors (Lipinski definition) is 0. The van der Waals surface area contributed by atoms with Crippen LogP contribution in [0, 0.1) is 0 Å². The van der Waals surface area contributed by atoms with E-state index in [0.29, 0.717) is 12.0 Å². The summed E-state index contributed by atoms with van der Waals surface area (Å²) in [5.74, 6) is 0.676. The van der Waals surface area contributed by atoms with Crippen molar-refractivity contribution in [1.82, 2.24) is 9.80 Å². The van der Waals surface area contributed by atoms with Crippen molar-refractivity contribution < 1.29 is 0 Å². The molecule has 2 aromatic carbocycles. The molecule has 2 aromatic rings. The lowest BCUT2D eigenvalue weighted by atomic mass is 9.81. The lowest BCUT2D eigenvalue weighted by Gasteiger charge is -2.36. The van der Waals surface area contributed by atoms with Crippen LogP contribution in [0.5, 0.6) is 0 Å². The van der Waals surface area contributed by atoms with Gasteiger partial charge in [-0.3, -0.25) is 0 Å². The van der Waals surface area contributed by atoms with Crippen LogP contribution in [0.15, 0.2) is 53.4 Å². The molecule has 0 N–H and O–H groups in total. The van der Waals surface area contributed by atoms with Gasteiger partial charge >= 0.3 is 0 Å². The van der Waals surface area contributed by atoms with E-state index < -0.39 is 0 Å². The van der Waals surface area contributed by atoms with Gasteiger partial charge in [0.25, 0.3) is 0 Å². The monoisotopic (exact) mass is 432 g/mol. The molecule has 0 unspecified atom stereocenters. The van der Waals surface area contributed by atoms with Crippen LogP contribution in [0.4, 0.5) is 0 Å². The smallest absolute Gasteiger partial charge is 0.141 e. The number of halogens is 1. The average molecular weight is 433 g/mol. The highest BCUT2D eigenvalue weighted by Crippen LogP contribution is 2.36. The highest BCUT2D eigenvalue weighted by atomic mass is 35.5. The Morgan fingerprint density at radius 1 is 0.964 bits per heavy atom. The molecule has 3 rings (SSSR count). The zero-order chi connectivity index (χ0) is 20.1. The van der Waals surface area contributed by atoms with Gasteiger partial charge in [0, 0.05) is 29.6 Å². The number of nitrogens with zero attached hydrogens (tertiary/aromatic N) is 2. The van der Waals surface area contributed by atoms with Crippen LogP contribution in [0.2, 0.25) is 5.02 Å². The first-order chi connectivity index (χ1) is 13.4. The molecule has 1 saturated carbocycles. The highest BCUT2D eigenvalue weighted by molar-refractivity contribution is 8.22. The van der Waals surface area contributed by atoms with E-state index in [1.54, 1.807) is 11.8 Å². The van der Waals surface area contributed by atoms with Crippen molar-refractivity contribution in [2.45, 2.75) is 49.1 Å². The third kappa shape index (κ3) is 5.96. The Hall–Kier alpha value is -1.07. The fraction of sp³-hybridized carbons (Fsp3) is 0.435. The summed E-state index contributed by atoms with van der Waals surface area (Å²) in [5.41, 5.74) is 2.87. The summed E-state index contributed by atoms with van der Waals surface area (Å²) in [4.78, 5) is 5.65. The second kappa shape index (κ2) is 10.1. The van der Waals surface area contributed by atoms with E-state index in [-0.39, 0.29) is 0 Å². The SMILES string of the molecule is CN(C)Cc1ccc([C@H]2CC[C@H](N(C)C(=S)Sc3ccc(Cl)cc3)CC2)cc1. The second-order valence-electron chi connectivity index (χ2n) is 7.92. The highest BCUT2D eigenvalue weighted by Gasteiger charge is 2.26. The van der Waals surface area contributed by atoms with Crippen LogP contribution in [0.1, 0.15) is 42.7 Å². The summed E-state index contributed by atoms with van der Waals surface area (Å²) in [7, 11) is 6.37. The molecule has 0 aromatic heterocycles. The lowest BCUT2D eigenvalue weighted by molar-refractivity contribution is 0.267. The van der Waals surface area contributed by atoms with Gasteiger partial charge in [-0.1, -0.05) is 59.8 Å². The van der Waals surface area contributed by atoms with E-state index in [9.17, 15) is 0 Å². The maximum atomic E-state index is 5.97. The normalized spacial score (nSPS) is 19.6. The molecule has 1 aliphatic carbocycles. The summed E-state index contributed by atoms with van der Waals surface area (Å²) in [6.45, 7) is 1.00. The minimum atomic E-state index is 0.538. The zero-order valence-electron chi connectivity index (χ0n) is 16.9. The maximum Gasteiger partial charge on any atom is 0.141 e. The number of benzene rings is 2. The predicted octanol–water partition coefficient (Wildman–Crippen LogP) is 6.44. The molecular formula is C23H29ClN2S2. The minimum Gasteiger partial charge on any atom is -0.357 e. The molecule has 28 heavy (non-hydrogen) atoms. The van der Waals surface area contributed by atoms with Gasteiger partial charge in [-0.05, 0) is 81.1 Å². The second-order valence-corrected chi connectivity index (χ2v) is 10.1. The number of thioether (sulfide) groups is 1. The lowest BCUT2D eigenvalue weighted by Crippen LogP contribution is -2.37. The number of hydrogen-bond acceptors (Lipinski definition) is 3. The molecule has 0 amide bonds. The molecule has 2 nitrogen and oxygen atoms in total.